The predicted octanol–water partition coefficient (Wildman–Crippen LogP) is 2.80. The number of nitrogens with zero attached hydrogens (tertiary/aromatic N) is 1. The average molecular weight is 266 g/mol. The number of carbonyl (C=O) groups is 1. The van der Waals surface area contributed by atoms with Crippen molar-refractivity contribution < 1.29 is 4.79 Å². The number of nitrogens with one attached hydrogen (secondary N) is 1. The number of hydrogen-bond acceptors (Lipinski definition) is 2. The molecule has 0 aromatic heterocycles. The highest BCUT2D eigenvalue weighted by atomic mass is 16.2. The van der Waals surface area contributed by atoms with Gasteiger partial charge in [-0.15, -0.1) is 0 Å². The van der Waals surface area contributed by atoms with Gasteiger partial charge in [0.1, 0.15) is 0 Å². The summed E-state index contributed by atoms with van der Waals surface area (Å²) in [5.41, 5.74) is 0. The maximum Gasteiger partial charge on any atom is 0.226 e. The van der Waals surface area contributed by atoms with Gasteiger partial charge in [0, 0.05) is 24.0 Å². The molecule has 0 aromatic carbocycles. The Bertz CT molecular complexity index is 314. The van der Waals surface area contributed by atoms with Crippen LogP contribution in [0.15, 0.2) is 0 Å². The van der Waals surface area contributed by atoms with E-state index in [0.29, 0.717) is 30.0 Å². The number of piperidine rings is 1. The minimum Gasteiger partial charge on any atom is -0.337 e. The lowest BCUT2D eigenvalue weighted by Gasteiger charge is -2.38. The zero-order valence-corrected chi connectivity index (χ0v) is 13.0. The average Bonchev–Trinajstić information content (AvgIpc) is 3.22. The largest absolute Gasteiger partial charge is 0.337 e. The van der Waals surface area contributed by atoms with E-state index in [2.05, 4.69) is 37.9 Å². The fourth-order valence-corrected chi connectivity index (χ4v) is 3.25. The van der Waals surface area contributed by atoms with E-state index in [1.54, 1.807) is 0 Å². The zero-order valence-electron chi connectivity index (χ0n) is 13.0. The summed E-state index contributed by atoms with van der Waals surface area (Å²) in [6, 6.07) is 1.43. The summed E-state index contributed by atoms with van der Waals surface area (Å²) >= 11 is 0. The first-order valence-corrected chi connectivity index (χ1v) is 8.10. The van der Waals surface area contributed by atoms with E-state index in [0.717, 1.165) is 25.8 Å². The smallest absolute Gasteiger partial charge is 0.226 e. The number of carbonyl (C=O) groups excluding carboxylic acids is 1. The molecular weight excluding hydrogens is 236 g/mol. The highest BCUT2D eigenvalue weighted by Gasteiger charge is 2.40. The molecule has 4 atom stereocenters. The normalized spacial score (nSPS) is 30.7. The molecule has 2 rings (SSSR count). The van der Waals surface area contributed by atoms with Crippen LogP contribution in [0.25, 0.3) is 0 Å². The Labute approximate surface area is 118 Å². The van der Waals surface area contributed by atoms with Crippen molar-refractivity contribution in [3.8, 4) is 0 Å². The lowest BCUT2D eigenvalue weighted by molar-refractivity contribution is -0.140. The Morgan fingerprint density at radius 2 is 2.00 bits per heavy atom. The van der Waals surface area contributed by atoms with Gasteiger partial charge in [-0.2, -0.15) is 0 Å². The van der Waals surface area contributed by atoms with Crippen LogP contribution >= 0.6 is 0 Å². The summed E-state index contributed by atoms with van der Waals surface area (Å²) in [6.45, 7) is 9.93. The van der Waals surface area contributed by atoms with Gasteiger partial charge in [-0.05, 0) is 52.0 Å². The second-order valence-electron chi connectivity index (χ2n) is 6.68. The monoisotopic (exact) mass is 266 g/mol. The van der Waals surface area contributed by atoms with Crippen LogP contribution in [0.2, 0.25) is 0 Å². The van der Waals surface area contributed by atoms with Gasteiger partial charge in [0.15, 0.2) is 0 Å². The molecule has 1 amide bonds. The van der Waals surface area contributed by atoms with Crippen LogP contribution in [0.5, 0.6) is 0 Å². The molecule has 0 spiro atoms. The summed E-state index contributed by atoms with van der Waals surface area (Å²) in [4.78, 5) is 15.1. The van der Waals surface area contributed by atoms with Gasteiger partial charge < -0.3 is 10.2 Å². The van der Waals surface area contributed by atoms with Crippen molar-refractivity contribution in [1.82, 2.24) is 10.2 Å². The molecule has 0 radical (unpaired) electrons. The highest BCUT2D eigenvalue weighted by molar-refractivity contribution is 5.80. The minimum atomic E-state index is 0.253. The molecule has 19 heavy (non-hydrogen) atoms. The third-order valence-corrected chi connectivity index (χ3v) is 5.07. The molecule has 2 aliphatic rings. The van der Waals surface area contributed by atoms with E-state index in [1.807, 2.05) is 0 Å². The molecule has 1 aliphatic carbocycles. The maximum absolute atomic E-state index is 12.9. The van der Waals surface area contributed by atoms with E-state index < -0.39 is 0 Å². The quantitative estimate of drug-likeness (QED) is 0.830. The Balaban J connectivity index is 2.03. The summed E-state index contributed by atoms with van der Waals surface area (Å²) in [5, 5.41) is 3.44. The van der Waals surface area contributed by atoms with Crippen LogP contribution in [-0.2, 0) is 4.79 Å². The molecule has 1 saturated heterocycles. The van der Waals surface area contributed by atoms with Gasteiger partial charge >= 0.3 is 0 Å². The van der Waals surface area contributed by atoms with Gasteiger partial charge in [0.2, 0.25) is 5.91 Å². The Kier molecular flexibility index (Phi) is 4.88. The summed E-state index contributed by atoms with van der Waals surface area (Å²) in [7, 11) is 0. The first kappa shape index (κ1) is 14.8. The van der Waals surface area contributed by atoms with Crippen molar-refractivity contribution in [3.05, 3.63) is 0 Å². The van der Waals surface area contributed by atoms with Gasteiger partial charge in [0.05, 0.1) is 0 Å². The highest BCUT2D eigenvalue weighted by Crippen LogP contribution is 2.34. The van der Waals surface area contributed by atoms with Crippen LogP contribution in [-0.4, -0.2) is 35.5 Å². The number of amides is 1. The van der Waals surface area contributed by atoms with Gasteiger partial charge in [-0.1, -0.05) is 20.3 Å². The second-order valence-corrected chi connectivity index (χ2v) is 6.68. The van der Waals surface area contributed by atoms with Crippen molar-refractivity contribution in [2.45, 2.75) is 77.9 Å². The predicted molar refractivity (Wildman–Crippen MR) is 79.0 cm³/mol. The van der Waals surface area contributed by atoms with E-state index in [4.69, 9.17) is 0 Å². The van der Waals surface area contributed by atoms with Crippen LogP contribution in [0.3, 0.4) is 0 Å². The number of hydrogen-bond donors (Lipinski definition) is 1. The van der Waals surface area contributed by atoms with Crippen molar-refractivity contribution in [2.75, 3.05) is 6.54 Å². The summed E-state index contributed by atoms with van der Waals surface area (Å²) in [5.74, 6) is 1.29. The molecule has 3 nitrogen and oxygen atoms in total. The topological polar surface area (TPSA) is 32.3 Å². The van der Waals surface area contributed by atoms with Crippen molar-refractivity contribution in [3.63, 3.8) is 0 Å². The van der Waals surface area contributed by atoms with Crippen molar-refractivity contribution in [2.24, 2.45) is 11.8 Å². The molecule has 1 aliphatic heterocycles. The third kappa shape index (κ3) is 3.50. The van der Waals surface area contributed by atoms with E-state index in [-0.39, 0.29) is 5.92 Å². The summed E-state index contributed by atoms with van der Waals surface area (Å²) < 4.78 is 0. The molecule has 3 heteroatoms. The molecule has 1 N–H and O–H groups in total. The number of rotatable bonds is 5. The molecular formula is C16H30N2O. The molecule has 2 unspecified atom stereocenters. The van der Waals surface area contributed by atoms with Crippen LogP contribution in [0, 0.1) is 11.8 Å². The second kappa shape index (κ2) is 6.25. The lowest BCUT2D eigenvalue weighted by Crippen LogP contribution is -2.49. The Morgan fingerprint density at radius 3 is 2.53 bits per heavy atom. The Hall–Kier alpha value is -0.570. The lowest BCUT2D eigenvalue weighted by atomic mass is 9.90. The molecule has 2 fully saturated rings. The van der Waals surface area contributed by atoms with Crippen molar-refractivity contribution in [1.29, 1.82) is 0 Å². The standard InChI is InChI=1S/C16H30N2O/c1-5-11(2)13(4)18(15-6-7-15)16(19)14-8-9-17-12(3)10-14/h11-15,17H,5-10H2,1-4H3/t11?,12-,13?,14-/m0/s1. The first-order chi connectivity index (χ1) is 9.04. The minimum absolute atomic E-state index is 0.253. The first-order valence-electron chi connectivity index (χ1n) is 8.10. The molecule has 0 aromatic rings. The molecule has 110 valence electrons. The van der Waals surface area contributed by atoms with E-state index in [1.165, 1.54) is 12.8 Å². The zero-order chi connectivity index (χ0) is 14.0. The van der Waals surface area contributed by atoms with Crippen LogP contribution in [0.4, 0.5) is 0 Å². The van der Waals surface area contributed by atoms with Gasteiger partial charge in [0.25, 0.3) is 0 Å². The third-order valence-electron chi connectivity index (χ3n) is 5.07. The van der Waals surface area contributed by atoms with Crippen LogP contribution in [0.1, 0.15) is 59.8 Å². The molecule has 1 saturated carbocycles. The van der Waals surface area contributed by atoms with Crippen LogP contribution < -0.4 is 5.32 Å². The van der Waals surface area contributed by atoms with Crippen molar-refractivity contribution >= 4 is 5.91 Å². The van der Waals surface area contributed by atoms with E-state index in [9.17, 15) is 4.79 Å². The fraction of sp³-hybridized carbons (Fsp3) is 0.938. The fourth-order valence-electron chi connectivity index (χ4n) is 3.25. The van der Waals surface area contributed by atoms with E-state index >= 15 is 0 Å². The van der Waals surface area contributed by atoms with Gasteiger partial charge in [-0.3, -0.25) is 4.79 Å². The van der Waals surface area contributed by atoms with Gasteiger partial charge in [-0.25, -0.2) is 0 Å². The SMILES string of the molecule is CCC(C)C(C)N(C(=O)[C@H]1CCN[C@@H](C)C1)C1CC1. The Morgan fingerprint density at radius 1 is 1.32 bits per heavy atom. The maximum atomic E-state index is 12.9. The summed E-state index contributed by atoms with van der Waals surface area (Å²) in [6.07, 6.45) is 5.61. The molecule has 0 bridgehead atoms. The molecule has 1 heterocycles.